The topological polar surface area (TPSA) is 80.5 Å². The molecule has 0 saturated carbocycles. The van der Waals surface area contributed by atoms with Gasteiger partial charge in [-0.2, -0.15) is 0 Å². The number of ether oxygens (including phenoxy) is 1. The van der Waals surface area contributed by atoms with Crippen molar-refractivity contribution in [1.29, 1.82) is 0 Å². The van der Waals surface area contributed by atoms with Crippen LogP contribution in [0.25, 0.3) is 10.2 Å². The maximum Gasteiger partial charge on any atom is 0.264 e. The molecule has 5 rings (SSSR count). The fourth-order valence-corrected chi connectivity index (χ4v) is 5.17. The number of para-hydroxylation sites is 1. The number of furan rings is 1. The molecule has 1 amide bonds. The summed E-state index contributed by atoms with van der Waals surface area (Å²) in [5.41, 5.74) is 2.14. The van der Waals surface area contributed by atoms with Crippen molar-refractivity contribution in [2.75, 3.05) is 18.9 Å². The van der Waals surface area contributed by atoms with Gasteiger partial charge in [-0.1, -0.05) is 18.2 Å². The Labute approximate surface area is 190 Å². The summed E-state index contributed by atoms with van der Waals surface area (Å²) in [6, 6.07) is 11.9. The van der Waals surface area contributed by atoms with Crippen molar-refractivity contribution >= 4 is 33.3 Å². The van der Waals surface area contributed by atoms with Crippen LogP contribution in [0.3, 0.4) is 0 Å². The van der Waals surface area contributed by atoms with Crippen molar-refractivity contribution in [2.45, 2.75) is 32.4 Å². The lowest BCUT2D eigenvalue weighted by atomic mass is 10.0. The van der Waals surface area contributed by atoms with Gasteiger partial charge in [-0.25, -0.2) is 9.97 Å². The van der Waals surface area contributed by atoms with Crippen molar-refractivity contribution in [2.24, 2.45) is 0 Å². The van der Waals surface area contributed by atoms with Crippen LogP contribution in [0.1, 0.15) is 33.0 Å². The van der Waals surface area contributed by atoms with Crippen LogP contribution >= 0.6 is 11.3 Å². The van der Waals surface area contributed by atoms with Gasteiger partial charge in [0.05, 0.1) is 29.6 Å². The Bertz CT molecular complexity index is 1250. The van der Waals surface area contributed by atoms with Crippen molar-refractivity contribution in [3.05, 3.63) is 70.8 Å². The molecule has 0 unspecified atom stereocenters. The summed E-state index contributed by atoms with van der Waals surface area (Å²) in [4.78, 5) is 25.1. The number of amides is 1. The highest BCUT2D eigenvalue weighted by Gasteiger charge is 2.24. The minimum Gasteiger partial charge on any atom is -0.488 e. The Morgan fingerprint density at radius 1 is 1.25 bits per heavy atom. The van der Waals surface area contributed by atoms with E-state index in [1.807, 2.05) is 37.3 Å². The molecular weight excluding hydrogens is 424 g/mol. The molecular formula is C24H24N4O3S. The number of anilines is 1. The van der Waals surface area contributed by atoms with Crippen molar-refractivity contribution in [3.63, 3.8) is 0 Å². The van der Waals surface area contributed by atoms with Gasteiger partial charge in [0, 0.05) is 7.05 Å². The van der Waals surface area contributed by atoms with E-state index in [0.717, 1.165) is 45.9 Å². The number of aromatic nitrogens is 2. The van der Waals surface area contributed by atoms with Crippen LogP contribution in [-0.4, -0.2) is 40.5 Å². The predicted molar refractivity (Wildman–Crippen MR) is 124 cm³/mol. The zero-order chi connectivity index (χ0) is 22.1. The first kappa shape index (κ1) is 20.5. The van der Waals surface area contributed by atoms with E-state index in [2.05, 4.69) is 21.4 Å². The second-order valence-electron chi connectivity index (χ2n) is 7.97. The lowest BCUT2D eigenvalue weighted by Crippen LogP contribution is -2.30. The van der Waals surface area contributed by atoms with Gasteiger partial charge in [-0.3, -0.25) is 4.79 Å². The Kier molecular flexibility index (Phi) is 5.53. The lowest BCUT2D eigenvalue weighted by molar-refractivity contribution is 0.0779. The average molecular weight is 449 g/mol. The third-order valence-electron chi connectivity index (χ3n) is 5.74. The molecule has 1 atom stereocenters. The largest absolute Gasteiger partial charge is 0.488 e. The molecule has 1 aliphatic rings. The highest BCUT2D eigenvalue weighted by Crippen LogP contribution is 2.34. The van der Waals surface area contributed by atoms with Crippen LogP contribution in [0.15, 0.2) is 53.4 Å². The molecule has 7 nitrogen and oxygen atoms in total. The molecule has 1 N–H and O–H groups in total. The summed E-state index contributed by atoms with van der Waals surface area (Å²) >= 11 is 1.40. The molecule has 0 aliphatic carbocycles. The number of aryl methyl sites for hydroxylation is 2. The normalized spacial score (nSPS) is 15.2. The molecule has 3 aromatic heterocycles. The molecule has 1 aromatic carbocycles. The van der Waals surface area contributed by atoms with Gasteiger partial charge < -0.3 is 19.4 Å². The summed E-state index contributed by atoms with van der Waals surface area (Å²) in [5.74, 6) is 2.38. The quantitative estimate of drug-likeness (QED) is 0.462. The molecule has 164 valence electrons. The zero-order valence-electron chi connectivity index (χ0n) is 18.0. The van der Waals surface area contributed by atoms with E-state index >= 15 is 0 Å². The molecule has 32 heavy (non-hydrogen) atoms. The molecule has 0 radical (unpaired) electrons. The van der Waals surface area contributed by atoms with Crippen LogP contribution in [-0.2, 0) is 13.0 Å². The van der Waals surface area contributed by atoms with Crippen LogP contribution < -0.4 is 10.1 Å². The summed E-state index contributed by atoms with van der Waals surface area (Å²) in [6.45, 7) is 3.00. The second kappa shape index (κ2) is 8.63. The number of carbonyl (C=O) groups excluding carboxylic acids is 1. The summed E-state index contributed by atoms with van der Waals surface area (Å²) in [6.07, 6.45) is 5.16. The van der Waals surface area contributed by atoms with Crippen LogP contribution in [0.4, 0.5) is 5.82 Å². The summed E-state index contributed by atoms with van der Waals surface area (Å²) in [5, 5.41) is 4.33. The summed E-state index contributed by atoms with van der Waals surface area (Å²) in [7, 11) is 1.78. The number of rotatable bonds is 6. The van der Waals surface area contributed by atoms with Crippen LogP contribution in [0.2, 0.25) is 0 Å². The molecule has 4 heterocycles. The van der Waals surface area contributed by atoms with Crippen LogP contribution in [0, 0.1) is 6.92 Å². The number of nitrogens with zero attached hydrogens (tertiary/aromatic N) is 3. The lowest BCUT2D eigenvalue weighted by Gasteiger charge is -2.26. The highest BCUT2D eigenvalue weighted by atomic mass is 32.1. The third kappa shape index (κ3) is 3.93. The maximum absolute atomic E-state index is 13.1. The smallest absolute Gasteiger partial charge is 0.264 e. The van der Waals surface area contributed by atoms with E-state index in [1.54, 1.807) is 24.5 Å². The number of carbonyl (C=O) groups is 1. The van der Waals surface area contributed by atoms with Gasteiger partial charge in [-0.15, -0.1) is 11.3 Å². The third-order valence-corrected chi connectivity index (χ3v) is 6.93. The minimum absolute atomic E-state index is 0.0555. The van der Waals surface area contributed by atoms with Gasteiger partial charge in [0.15, 0.2) is 0 Å². The zero-order valence-corrected chi connectivity index (χ0v) is 18.8. The molecule has 4 aromatic rings. The predicted octanol–water partition coefficient (Wildman–Crippen LogP) is 4.67. The van der Waals surface area contributed by atoms with E-state index in [1.165, 1.54) is 16.9 Å². The van der Waals surface area contributed by atoms with Gasteiger partial charge in [0.2, 0.25) is 0 Å². The summed E-state index contributed by atoms with van der Waals surface area (Å²) < 4.78 is 11.5. The average Bonchev–Trinajstić information content (AvgIpc) is 3.45. The number of nitrogens with one attached hydrogen (secondary N) is 1. The first-order valence-corrected chi connectivity index (χ1v) is 11.4. The van der Waals surface area contributed by atoms with E-state index in [0.29, 0.717) is 18.0 Å². The number of hydrogen-bond donors (Lipinski definition) is 1. The van der Waals surface area contributed by atoms with Crippen LogP contribution in [0.5, 0.6) is 5.75 Å². The van der Waals surface area contributed by atoms with Gasteiger partial charge in [-0.05, 0) is 49.1 Å². The molecule has 0 bridgehead atoms. The number of thiophene rings is 1. The Balaban J connectivity index is 1.33. The molecule has 1 aliphatic heterocycles. The number of hydrogen-bond acceptors (Lipinski definition) is 7. The van der Waals surface area contributed by atoms with Crippen molar-refractivity contribution in [3.8, 4) is 5.75 Å². The SMILES string of the molecule is Cc1c(C(=O)N(C)Cc2ccco2)sc2ncnc(NC[C@H]3CCc4ccccc4O3)c12. The van der Waals surface area contributed by atoms with E-state index < -0.39 is 0 Å². The Morgan fingerprint density at radius 2 is 2.12 bits per heavy atom. The van der Waals surface area contributed by atoms with Gasteiger partial charge in [0.1, 0.15) is 34.6 Å². The van der Waals surface area contributed by atoms with Gasteiger partial charge >= 0.3 is 0 Å². The van der Waals surface area contributed by atoms with E-state index in [4.69, 9.17) is 9.15 Å². The van der Waals surface area contributed by atoms with E-state index in [-0.39, 0.29) is 12.0 Å². The van der Waals surface area contributed by atoms with Crippen molar-refractivity contribution < 1.29 is 13.9 Å². The molecule has 0 saturated heterocycles. The fraction of sp³-hybridized carbons (Fsp3) is 0.292. The van der Waals surface area contributed by atoms with Gasteiger partial charge in [0.25, 0.3) is 5.91 Å². The first-order valence-electron chi connectivity index (χ1n) is 10.6. The first-order chi connectivity index (χ1) is 15.6. The standard InChI is InChI=1S/C24H24N4O3S/c1-15-20-22(25-12-17-10-9-16-6-3-4-8-19(16)31-17)26-14-27-23(20)32-21(15)24(29)28(2)13-18-7-5-11-30-18/h3-8,11,14,17H,9-10,12-13H2,1-2H3,(H,25,26,27)/t17-/m1/s1. The highest BCUT2D eigenvalue weighted by molar-refractivity contribution is 7.20. The Hall–Kier alpha value is -3.39. The Morgan fingerprint density at radius 3 is 2.97 bits per heavy atom. The minimum atomic E-state index is -0.0555. The molecule has 0 fully saturated rings. The second-order valence-corrected chi connectivity index (χ2v) is 8.97. The number of fused-ring (bicyclic) bond motifs is 2. The molecule has 0 spiro atoms. The van der Waals surface area contributed by atoms with Crippen molar-refractivity contribution in [1.82, 2.24) is 14.9 Å². The fourth-order valence-electron chi connectivity index (χ4n) is 4.03. The number of benzene rings is 1. The maximum atomic E-state index is 13.1. The molecule has 8 heteroatoms. The van der Waals surface area contributed by atoms with E-state index in [9.17, 15) is 4.79 Å². The monoisotopic (exact) mass is 448 g/mol.